The molecule has 0 fully saturated rings. The lowest BCUT2D eigenvalue weighted by atomic mass is 10.1. The molecule has 1 aliphatic heterocycles. The molecular formula is C57H46OS5. The number of hydrogen-bond donors (Lipinski definition) is 0. The highest BCUT2D eigenvalue weighted by atomic mass is 32.2. The molecule has 310 valence electrons. The summed E-state index contributed by atoms with van der Waals surface area (Å²) in [6.45, 7) is 10.7. The van der Waals surface area contributed by atoms with Gasteiger partial charge < -0.3 is 4.42 Å². The van der Waals surface area contributed by atoms with E-state index in [2.05, 4.69) is 204 Å². The normalized spacial score (nSPS) is 11.4. The molecule has 12 aromatic rings. The molecule has 4 aromatic heterocycles. The van der Waals surface area contributed by atoms with Crippen LogP contribution in [0.2, 0.25) is 0 Å². The first-order chi connectivity index (χ1) is 30.8. The second-order valence-electron chi connectivity index (χ2n) is 15.5. The van der Waals surface area contributed by atoms with Gasteiger partial charge in [0.05, 0.1) is 0 Å². The maximum Gasteiger partial charge on any atom is 0.138 e. The Kier molecular flexibility index (Phi) is 13.2. The molecule has 0 aliphatic carbocycles. The summed E-state index contributed by atoms with van der Waals surface area (Å²) in [6, 6.07) is 63.8. The first-order valence-corrected chi connectivity index (χ1v) is 25.1. The minimum Gasteiger partial charge on any atom is -0.456 e. The SMILES string of the molecule is Cc1cc2ccccc2s1.Cc1cccc2c1Sc1ccccc1S2.Cc1cccc2c1oc1ccccc12.Cc1cccc2c1sc1ccccc12.Cc1csc2ccccc12. The molecule has 0 atom stereocenters. The average molecular weight is 907 g/mol. The van der Waals surface area contributed by atoms with E-state index in [1.54, 1.807) is 0 Å². The fourth-order valence-corrected chi connectivity index (χ4v) is 13.1. The molecule has 0 saturated carbocycles. The van der Waals surface area contributed by atoms with E-state index in [0.717, 1.165) is 11.2 Å². The summed E-state index contributed by atoms with van der Waals surface area (Å²) in [4.78, 5) is 6.95. The molecule has 6 heteroatoms. The summed E-state index contributed by atoms with van der Waals surface area (Å²) in [5, 5.41) is 10.1. The zero-order chi connectivity index (χ0) is 43.3. The van der Waals surface area contributed by atoms with Gasteiger partial charge in [-0.25, -0.2) is 0 Å². The van der Waals surface area contributed by atoms with Crippen LogP contribution in [-0.4, -0.2) is 0 Å². The molecule has 0 spiro atoms. The fourth-order valence-electron chi connectivity index (χ4n) is 7.69. The van der Waals surface area contributed by atoms with E-state index in [-0.39, 0.29) is 0 Å². The van der Waals surface area contributed by atoms with Crippen molar-refractivity contribution in [3.63, 3.8) is 0 Å². The summed E-state index contributed by atoms with van der Waals surface area (Å²) < 4.78 is 11.4. The lowest BCUT2D eigenvalue weighted by Crippen LogP contribution is -1.90. The Hall–Kier alpha value is -5.60. The van der Waals surface area contributed by atoms with Gasteiger partial charge in [-0.3, -0.25) is 0 Å². The number of para-hydroxylation sites is 2. The van der Waals surface area contributed by atoms with Gasteiger partial charge in [-0.2, -0.15) is 0 Å². The van der Waals surface area contributed by atoms with Crippen molar-refractivity contribution in [3.05, 3.63) is 215 Å². The van der Waals surface area contributed by atoms with Gasteiger partial charge in [0.2, 0.25) is 0 Å². The van der Waals surface area contributed by atoms with E-state index in [4.69, 9.17) is 4.42 Å². The van der Waals surface area contributed by atoms with Crippen LogP contribution in [-0.2, 0) is 0 Å². The van der Waals surface area contributed by atoms with Gasteiger partial charge >= 0.3 is 0 Å². The van der Waals surface area contributed by atoms with Crippen molar-refractivity contribution in [1.29, 1.82) is 0 Å². The summed E-state index contributed by atoms with van der Waals surface area (Å²) in [5.41, 5.74) is 7.31. The van der Waals surface area contributed by atoms with Crippen LogP contribution >= 0.6 is 57.5 Å². The highest BCUT2D eigenvalue weighted by molar-refractivity contribution is 8.05. The van der Waals surface area contributed by atoms with Crippen molar-refractivity contribution in [2.24, 2.45) is 0 Å². The molecule has 0 saturated heterocycles. The van der Waals surface area contributed by atoms with E-state index >= 15 is 0 Å². The van der Waals surface area contributed by atoms with Crippen molar-refractivity contribution >= 4 is 120 Å². The second-order valence-corrected chi connectivity index (χ2v) is 20.8. The largest absolute Gasteiger partial charge is 0.456 e. The number of thiophene rings is 3. The van der Waals surface area contributed by atoms with Gasteiger partial charge in [0.25, 0.3) is 0 Å². The van der Waals surface area contributed by atoms with Crippen LogP contribution in [0.4, 0.5) is 0 Å². The molecule has 0 unspecified atom stereocenters. The molecule has 63 heavy (non-hydrogen) atoms. The Morgan fingerprint density at radius 2 is 0.952 bits per heavy atom. The summed E-state index contributed by atoms with van der Waals surface area (Å²) in [7, 11) is 0. The van der Waals surface area contributed by atoms with Crippen molar-refractivity contribution in [3.8, 4) is 0 Å². The van der Waals surface area contributed by atoms with E-state index < -0.39 is 0 Å². The quantitative estimate of drug-likeness (QED) is 0.151. The van der Waals surface area contributed by atoms with Crippen molar-refractivity contribution in [2.45, 2.75) is 54.2 Å². The Balaban J connectivity index is 0.000000101. The summed E-state index contributed by atoms with van der Waals surface area (Å²) in [5.74, 6) is 0. The Morgan fingerprint density at radius 1 is 0.381 bits per heavy atom. The van der Waals surface area contributed by atoms with Crippen molar-refractivity contribution < 1.29 is 4.42 Å². The highest BCUT2D eigenvalue weighted by Crippen LogP contribution is 2.49. The minimum atomic E-state index is 0.969. The second kappa shape index (κ2) is 19.4. The van der Waals surface area contributed by atoms with Gasteiger partial charge in [-0.15, -0.1) is 34.0 Å². The molecular weight excluding hydrogens is 861 g/mol. The smallest absolute Gasteiger partial charge is 0.138 e. The van der Waals surface area contributed by atoms with Gasteiger partial charge in [0.15, 0.2) is 0 Å². The predicted octanol–water partition coefficient (Wildman–Crippen LogP) is 19.3. The number of furan rings is 1. The van der Waals surface area contributed by atoms with Crippen LogP contribution in [0.3, 0.4) is 0 Å². The van der Waals surface area contributed by atoms with Crippen LogP contribution in [0, 0.1) is 34.6 Å². The van der Waals surface area contributed by atoms with Crippen LogP contribution in [0.15, 0.2) is 211 Å². The molecule has 1 nitrogen and oxygen atoms in total. The monoisotopic (exact) mass is 906 g/mol. The minimum absolute atomic E-state index is 0.969. The number of benzene rings is 8. The first-order valence-electron chi connectivity index (χ1n) is 21.0. The van der Waals surface area contributed by atoms with Crippen LogP contribution in [0.1, 0.15) is 27.1 Å². The maximum atomic E-state index is 5.78. The molecule has 1 aliphatic rings. The number of rotatable bonds is 0. The first kappa shape index (κ1) is 42.7. The van der Waals surface area contributed by atoms with Crippen LogP contribution in [0.25, 0.3) is 62.3 Å². The lowest BCUT2D eigenvalue weighted by molar-refractivity contribution is 0.666. The predicted molar refractivity (Wildman–Crippen MR) is 282 cm³/mol. The third-order valence-corrected chi connectivity index (χ3v) is 17.0. The molecule has 5 heterocycles. The summed E-state index contributed by atoms with van der Waals surface area (Å²) >= 11 is 9.32. The third-order valence-electron chi connectivity index (χ3n) is 10.9. The van der Waals surface area contributed by atoms with Gasteiger partial charge in [-0.1, -0.05) is 157 Å². The lowest BCUT2D eigenvalue weighted by Gasteiger charge is -2.19. The number of aryl methyl sites for hydroxylation is 5. The van der Waals surface area contributed by atoms with Crippen molar-refractivity contribution in [1.82, 2.24) is 0 Å². The van der Waals surface area contributed by atoms with Gasteiger partial charge in [0.1, 0.15) is 11.2 Å². The van der Waals surface area contributed by atoms with E-state index in [1.165, 1.54) is 97.8 Å². The zero-order valence-corrected chi connectivity index (χ0v) is 39.9. The van der Waals surface area contributed by atoms with E-state index in [0.29, 0.717) is 0 Å². The fraction of sp³-hybridized carbons (Fsp3) is 0.0877. The molecule has 13 rings (SSSR count). The number of fused-ring (bicyclic) bond motifs is 10. The third kappa shape index (κ3) is 9.52. The molecule has 0 amide bonds. The Labute approximate surface area is 390 Å². The van der Waals surface area contributed by atoms with E-state index in [9.17, 15) is 0 Å². The van der Waals surface area contributed by atoms with Crippen LogP contribution < -0.4 is 0 Å². The maximum absolute atomic E-state index is 5.78. The molecule has 0 radical (unpaired) electrons. The Bertz CT molecular complexity index is 3340. The standard InChI is InChI=1S/C13H10O.C13H10S2.C13H10S.2C9H8S/c1-9-5-4-7-11-10-6-2-3-8-12(10)14-13(9)11;1-9-5-4-8-12-13(9)15-11-7-3-2-6-10(11)14-12;1-9-5-4-7-11-10-6-2-3-8-12(10)14-13(9)11;1-7-6-10-9-5-3-2-4-8(7)9;1-7-6-8-4-2-3-5-9(8)10-7/h2-8H,1H3;2-8H,1H3;2-8H,1H3;2*2-6H,1H3. The molecule has 0 N–H and O–H groups in total. The van der Waals surface area contributed by atoms with Gasteiger partial charge in [-0.05, 0) is 122 Å². The highest BCUT2D eigenvalue weighted by Gasteiger charge is 2.17. The number of hydrogen-bond acceptors (Lipinski definition) is 6. The average Bonchev–Trinajstić information content (AvgIpc) is 4.10. The Morgan fingerprint density at radius 3 is 1.73 bits per heavy atom. The molecule has 8 aromatic carbocycles. The molecule has 0 bridgehead atoms. The van der Waals surface area contributed by atoms with Gasteiger partial charge in [0, 0.05) is 64.8 Å². The van der Waals surface area contributed by atoms with Crippen LogP contribution in [0.5, 0.6) is 0 Å². The zero-order valence-electron chi connectivity index (χ0n) is 35.8. The van der Waals surface area contributed by atoms with E-state index in [1.807, 2.05) is 75.7 Å². The topological polar surface area (TPSA) is 13.1 Å². The summed E-state index contributed by atoms with van der Waals surface area (Å²) in [6.07, 6.45) is 0. The van der Waals surface area contributed by atoms with Crippen molar-refractivity contribution in [2.75, 3.05) is 0 Å².